The highest BCUT2D eigenvalue weighted by Gasteiger charge is 2.36. The number of nitrogens with zero attached hydrogens (tertiary/aromatic N) is 6. The Labute approximate surface area is 194 Å². The summed E-state index contributed by atoms with van der Waals surface area (Å²) in [7, 11) is 1.17. The minimum atomic E-state index is -4.57. The molecular weight excluding hydrogens is 449 g/mol. The number of hydrogen-bond donors (Lipinski definition) is 0. The van der Waals surface area contributed by atoms with Crippen molar-refractivity contribution in [1.29, 1.82) is 0 Å². The summed E-state index contributed by atoms with van der Waals surface area (Å²) < 4.78 is 51.5. The lowest BCUT2D eigenvalue weighted by atomic mass is 10.1. The number of fused-ring (bicyclic) bond motifs is 1. The number of anilines is 2. The highest BCUT2D eigenvalue weighted by molar-refractivity contribution is 5.53. The summed E-state index contributed by atoms with van der Waals surface area (Å²) in [5, 5.41) is 0. The Bertz CT molecular complexity index is 1160. The van der Waals surface area contributed by atoms with Crippen LogP contribution in [0.4, 0.5) is 24.7 Å². The van der Waals surface area contributed by atoms with Crippen LogP contribution < -0.4 is 19.3 Å². The summed E-state index contributed by atoms with van der Waals surface area (Å²) in [6.07, 6.45) is 1.37. The Kier molecular flexibility index (Phi) is 5.84. The van der Waals surface area contributed by atoms with E-state index in [0.717, 1.165) is 36.1 Å². The standard InChI is InChI=1S/C23H23F3N6O2/c1-33-22-18(23(24,25)26)10-15(11-28-22)31-9-6-19-17(13-31)21(30-14-29-19)34-16-5-8-32(12-16)20-4-2-3-7-27-20/h2-4,7,10-11,14,16H,5-6,8-9,12-13H2,1H3. The molecule has 5 rings (SSSR count). The molecule has 0 aromatic carbocycles. The number of halogens is 3. The van der Waals surface area contributed by atoms with Gasteiger partial charge in [-0.2, -0.15) is 13.2 Å². The molecule has 8 nitrogen and oxygen atoms in total. The molecule has 0 spiro atoms. The Hall–Kier alpha value is -3.63. The van der Waals surface area contributed by atoms with E-state index in [1.54, 1.807) is 6.20 Å². The van der Waals surface area contributed by atoms with E-state index in [2.05, 4.69) is 24.8 Å². The first kappa shape index (κ1) is 22.2. The molecule has 0 aliphatic carbocycles. The van der Waals surface area contributed by atoms with Crippen LogP contribution in [0.25, 0.3) is 0 Å². The molecule has 1 fully saturated rings. The van der Waals surface area contributed by atoms with Crippen LogP contribution in [0.15, 0.2) is 43.0 Å². The first-order valence-corrected chi connectivity index (χ1v) is 10.9. The summed E-state index contributed by atoms with van der Waals surface area (Å²) in [6, 6.07) is 6.86. The zero-order valence-electron chi connectivity index (χ0n) is 18.5. The lowest BCUT2D eigenvalue weighted by molar-refractivity contribution is -0.139. The normalized spacial score (nSPS) is 18.1. The van der Waals surface area contributed by atoms with Crippen molar-refractivity contribution in [3.8, 4) is 11.8 Å². The van der Waals surface area contributed by atoms with Gasteiger partial charge in [-0.05, 0) is 18.2 Å². The molecule has 34 heavy (non-hydrogen) atoms. The summed E-state index contributed by atoms with van der Waals surface area (Å²) >= 11 is 0. The van der Waals surface area contributed by atoms with Crippen LogP contribution in [0.2, 0.25) is 0 Å². The zero-order chi connectivity index (χ0) is 23.7. The van der Waals surface area contributed by atoms with Crippen LogP contribution in [0, 0.1) is 0 Å². The van der Waals surface area contributed by atoms with E-state index in [1.807, 2.05) is 23.1 Å². The van der Waals surface area contributed by atoms with Gasteiger partial charge >= 0.3 is 6.18 Å². The molecule has 1 saturated heterocycles. The molecular formula is C23H23F3N6O2. The molecule has 2 aliphatic rings. The minimum absolute atomic E-state index is 0.0733. The van der Waals surface area contributed by atoms with Gasteiger partial charge in [0.2, 0.25) is 11.8 Å². The van der Waals surface area contributed by atoms with Gasteiger partial charge in [-0.3, -0.25) is 0 Å². The molecule has 0 N–H and O–H groups in total. The van der Waals surface area contributed by atoms with Gasteiger partial charge in [-0.15, -0.1) is 0 Å². The van der Waals surface area contributed by atoms with E-state index in [0.29, 0.717) is 37.6 Å². The fourth-order valence-corrected chi connectivity index (χ4v) is 4.35. The fraction of sp³-hybridized carbons (Fsp3) is 0.391. The van der Waals surface area contributed by atoms with Crippen molar-refractivity contribution in [1.82, 2.24) is 19.9 Å². The van der Waals surface area contributed by atoms with E-state index in [9.17, 15) is 13.2 Å². The predicted molar refractivity (Wildman–Crippen MR) is 118 cm³/mol. The third-order valence-electron chi connectivity index (χ3n) is 6.06. The van der Waals surface area contributed by atoms with Crippen molar-refractivity contribution in [3.05, 3.63) is 59.8 Å². The van der Waals surface area contributed by atoms with Gasteiger partial charge in [0, 0.05) is 32.1 Å². The van der Waals surface area contributed by atoms with Crippen molar-refractivity contribution in [2.75, 3.05) is 36.5 Å². The van der Waals surface area contributed by atoms with E-state index in [1.165, 1.54) is 19.6 Å². The molecule has 5 heterocycles. The lowest BCUT2D eigenvalue weighted by Crippen LogP contribution is -2.33. The summed E-state index contributed by atoms with van der Waals surface area (Å²) in [4.78, 5) is 21.0. The number of aromatic nitrogens is 4. The average Bonchev–Trinajstić information content (AvgIpc) is 3.32. The summed E-state index contributed by atoms with van der Waals surface area (Å²) in [6.45, 7) is 2.33. The van der Waals surface area contributed by atoms with Crippen LogP contribution in [0.3, 0.4) is 0 Å². The largest absolute Gasteiger partial charge is 0.481 e. The van der Waals surface area contributed by atoms with Gasteiger partial charge in [0.15, 0.2) is 0 Å². The Morgan fingerprint density at radius 3 is 2.68 bits per heavy atom. The highest BCUT2D eigenvalue weighted by atomic mass is 19.4. The van der Waals surface area contributed by atoms with Crippen molar-refractivity contribution < 1.29 is 22.6 Å². The minimum Gasteiger partial charge on any atom is -0.481 e. The zero-order valence-corrected chi connectivity index (χ0v) is 18.5. The molecule has 0 bridgehead atoms. The number of methoxy groups -OCH3 is 1. The Balaban J connectivity index is 1.35. The van der Waals surface area contributed by atoms with Gasteiger partial charge < -0.3 is 19.3 Å². The second-order valence-electron chi connectivity index (χ2n) is 8.19. The van der Waals surface area contributed by atoms with Gasteiger partial charge in [0.05, 0.1) is 43.3 Å². The maximum atomic E-state index is 13.5. The Morgan fingerprint density at radius 2 is 1.91 bits per heavy atom. The van der Waals surface area contributed by atoms with Crippen LogP contribution in [0.5, 0.6) is 11.8 Å². The number of pyridine rings is 2. The fourth-order valence-electron chi connectivity index (χ4n) is 4.35. The molecule has 178 valence electrons. The third-order valence-corrected chi connectivity index (χ3v) is 6.06. The van der Waals surface area contributed by atoms with Gasteiger partial charge in [0.1, 0.15) is 23.8 Å². The van der Waals surface area contributed by atoms with E-state index in [-0.39, 0.29) is 6.10 Å². The van der Waals surface area contributed by atoms with E-state index >= 15 is 0 Å². The molecule has 1 atom stereocenters. The molecule has 0 saturated carbocycles. The molecule has 1 unspecified atom stereocenters. The lowest BCUT2D eigenvalue weighted by Gasteiger charge is -2.31. The average molecular weight is 472 g/mol. The van der Waals surface area contributed by atoms with Crippen molar-refractivity contribution in [2.24, 2.45) is 0 Å². The molecule has 11 heteroatoms. The smallest absolute Gasteiger partial charge is 0.421 e. The monoisotopic (exact) mass is 472 g/mol. The van der Waals surface area contributed by atoms with Crippen molar-refractivity contribution >= 4 is 11.5 Å². The van der Waals surface area contributed by atoms with Gasteiger partial charge in [-0.1, -0.05) is 6.07 Å². The first-order valence-electron chi connectivity index (χ1n) is 10.9. The molecule has 0 radical (unpaired) electrons. The van der Waals surface area contributed by atoms with E-state index in [4.69, 9.17) is 9.47 Å². The van der Waals surface area contributed by atoms with Gasteiger partial charge in [-0.25, -0.2) is 19.9 Å². The number of rotatable bonds is 5. The van der Waals surface area contributed by atoms with Crippen LogP contribution in [-0.4, -0.2) is 52.8 Å². The third kappa shape index (κ3) is 4.42. The second-order valence-corrected chi connectivity index (χ2v) is 8.19. The van der Waals surface area contributed by atoms with E-state index < -0.39 is 17.6 Å². The van der Waals surface area contributed by atoms with Crippen LogP contribution >= 0.6 is 0 Å². The number of alkyl halides is 3. The van der Waals surface area contributed by atoms with Crippen LogP contribution in [-0.2, 0) is 19.1 Å². The van der Waals surface area contributed by atoms with Crippen LogP contribution in [0.1, 0.15) is 23.2 Å². The number of hydrogen-bond acceptors (Lipinski definition) is 8. The first-order chi connectivity index (χ1) is 16.4. The second kappa shape index (κ2) is 8.96. The Morgan fingerprint density at radius 1 is 1.03 bits per heavy atom. The van der Waals surface area contributed by atoms with Crippen molar-refractivity contribution in [2.45, 2.75) is 31.7 Å². The SMILES string of the molecule is COc1ncc(N2CCc3ncnc(OC4CCN(c5ccccn5)C4)c3C2)cc1C(F)(F)F. The maximum absolute atomic E-state index is 13.5. The summed E-state index contributed by atoms with van der Waals surface area (Å²) in [5.41, 5.74) is 1.09. The number of ether oxygens (including phenoxy) is 2. The summed E-state index contributed by atoms with van der Waals surface area (Å²) in [5.74, 6) is 0.928. The maximum Gasteiger partial charge on any atom is 0.421 e. The highest BCUT2D eigenvalue weighted by Crippen LogP contribution is 2.38. The predicted octanol–water partition coefficient (Wildman–Crippen LogP) is 3.51. The molecule has 0 amide bonds. The molecule has 3 aromatic rings. The topological polar surface area (TPSA) is 76.5 Å². The van der Waals surface area contributed by atoms with Gasteiger partial charge in [0.25, 0.3) is 0 Å². The van der Waals surface area contributed by atoms with Crippen molar-refractivity contribution in [3.63, 3.8) is 0 Å². The molecule has 2 aliphatic heterocycles. The quantitative estimate of drug-likeness (QED) is 0.559. The molecule has 3 aromatic heterocycles.